The van der Waals surface area contributed by atoms with E-state index in [1.165, 1.54) is 47.6 Å². The van der Waals surface area contributed by atoms with Crippen molar-refractivity contribution in [3.63, 3.8) is 0 Å². The van der Waals surface area contributed by atoms with E-state index in [-0.39, 0.29) is 0 Å². The Hall–Kier alpha value is -5.58. The average Bonchev–Trinajstić information content (AvgIpc) is 3.68. The Morgan fingerprint density at radius 3 is 2.02 bits per heavy atom. The molecular formula is C43H31N3S. The van der Waals surface area contributed by atoms with Crippen LogP contribution in [0.5, 0.6) is 0 Å². The maximum Gasteiger partial charge on any atom is 0.139 e. The quantitative estimate of drug-likeness (QED) is 0.191. The molecule has 224 valence electrons. The summed E-state index contributed by atoms with van der Waals surface area (Å²) in [7, 11) is 0. The Kier molecular flexibility index (Phi) is 6.51. The molecule has 0 fully saturated rings. The van der Waals surface area contributed by atoms with Gasteiger partial charge in [0.05, 0.1) is 26.8 Å². The number of thiophene rings is 1. The number of aromatic nitrogens is 3. The van der Waals surface area contributed by atoms with E-state index < -0.39 is 0 Å². The fourth-order valence-electron chi connectivity index (χ4n) is 7.33. The topological polar surface area (TPSA) is 30.7 Å². The predicted octanol–water partition coefficient (Wildman–Crippen LogP) is 12.0. The van der Waals surface area contributed by atoms with Crippen molar-refractivity contribution >= 4 is 71.1 Å². The number of hydrogen-bond acceptors (Lipinski definition) is 3. The van der Waals surface area contributed by atoms with E-state index in [1.54, 1.807) is 0 Å². The summed E-state index contributed by atoms with van der Waals surface area (Å²) in [5, 5.41) is 6.41. The fourth-order valence-corrected chi connectivity index (χ4v) is 8.61. The Morgan fingerprint density at radius 2 is 1.32 bits per heavy atom. The number of nitrogens with zero attached hydrogens (tertiary/aromatic N) is 3. The van der Waals surface area contributed by atoms with Gasteiger partial charge in [-0.25, -0.2) is 4.98 Å². The Balaban J connectivity index is 1.51. The predicted molar refractivity (Wildman–Crippen MR) is 202 cm³/mol. The third-order valence-corrected chi connectivity index (χ3v) is 10.7. The molecule has 0 saturated heterocycles. The number of benzene rings is 5. The molecule has 0 aliphatic rings. The lowest BCUT2D eigenvalue weighted by Crippen LogP contribution is -2.01. The number of rotatable bonds is 5. The Labute approximate surface area is 277 Å². The lowest BCUT2D eigenvalue weighted by Gasteiger charge is -2.15. The van der Waals surface area contributed by atoms with Crippen molar-refractivity contribution in [3.05, 3.63) is 144 Å². The molecule has 0 unspecified atom stereocenters. The molecule has 0 N–H and O–H groups in total. The first-order valence-corrected chi connectivity index (χ1v) is 17.0. The zero-order valence-corrected chi connectivity index (χ0v) is 27.1. The molecule has 5 aromatic carbocycles. The van der Waals surface area contributed by atoms with E-state index >= 15 is 0 Å². The molecule has 0 aliphatic carbocycles. The van der Waals surface area contributed by atoms with Gasteiger partial charge in [0.2, 0.25) is 0 Å². The van der Waals surface area contributed by atoms with Gasteiger partial charge in [0.25, 0.3) is 0 Å². The second-order valence-electron chi connectivity index (χ2n) is 11.9. The maximum absolute atomic E-state index is 5.54. The number of allylic oxidation sites excluding steroid dienone is 1. The zero-order valence-electron chi connectivity index (χ0n) is 26.2. The molecule has 0 spiro atoms. The third kappa shape index (κ3) is 4.18. The minimum Gasteiger partial charge on any atom is -0.292 e. The van der Waals surface area contributed by atoms with Crippen molar-refractivity contribution in [2.75, 3.05) is 0 Å². The van der Waals surface area contributed by atoms with Gasteiger partial charge in [0.15, 0.2) is 0 Å². The molecule has 0 saturated carbocycles. The lowest BCUT2D eigenvalue weighted by molar-refractivity contribution is 1.10. The molecule has 3 nitrogen and oxygen atoms in total. The van der Waals surface area contributed by atoms with E-state index in [4.69, 9.17) is 9.97 Å². The molecular weight excluding hydrogens is 591 g/mol. The second kappa shape index (κ2) is 11.0. The standard InChI is InChI=1S/C43H31N3S/c1-3-15-33-36(4-2)47-43-39(33)31-21-12-11-20-30(31)38-32-22-13-14-23-35(32)46(42(38)43)37-26-34(28-18-9-6-10-19-28)40-41(45-37)29(24-25-44-40)27-16-7-5-8-17-27/h3,5-26H,4H2,1-2H3/b15-3-. The summed E-state index contributed by atoms with van der Waals surface area (Å²) in [6.45, 7) is 4.38. The SMILES string of the molecule is C/C=C\c1c(CC)sc2c1c1ccccc1c1c3ccccc3n(-c3cc(-c4ccccc4)c4nccc(-c5ccccc5)c4n3)c21. The highest BCUT2D eigenvalue weighted by Crippen LogP contribution is 2.48. The minimum atomic E-state index is 0.892. The van der Waals surface area contributed by atoms with Gasteiger partial charge in [-0.3, -0.25) is 9.55 Å². The first-order chi connectivity index (χ1) is 23.3. The van der Waals surface area contributed by atoms with Crippen molar-refractivity contribution in [2.24, 2.45) is 0 Å². The number of para-hydroxylation sites is 1. The molecule has 0 aliphatic heterocycles. The van der Waals surface area contributed by atoms with Crippen LogP contribution >= 0.6 is 11.3 Å². The number of aryl methyl sites for hydroxylation is 1. The summed E-state index contributed by atoms with van der Waals surface area (Å²) in [4.78, 5) is 11.9. The monoisotopic (exact) mass is 621 g/mol. The first kappa shape index (κ1) is 27.7. The highest BCUT2D eigenvalue weighted by Gasteiger charge is 2.24. The number of fused-ring (bicyclic) bond motifs is 9. The van der Waals surface area contributed by atoms with Crippen molar-refractivity contribution < 1.29 is 0 Å². The van der Waals surface area contributed by atoms with Crippen molar-refractivity contribution in [1.29, 1.82) is 0 Å². The van der Waals surface area contributed by atoms with Crippen molar-refractivity contribution in [1.82, 2.24) is 14.5 Å². The summed E-state index contributed by atoms with van der Waals surface area (Å²) >= 11 is 1.92. The Morgan fingerprint density at radius 1 is 0.681 bits per heavy atom. The van der Waals surface area contributed by atoms with Crippen LogP contribution in [0, 0.1) is 0 Å². The van der Waals surface area contributed by atoms with Crippen LogP contribution < -0.4 is 0 Å². The van der Waals surface area contributed by atoms with Crippen molar-refractivity contribution in [3.8, 4) is 28.1 Å². The van der Waals surface area contributed by atoms with E-state index in [2.05, 4.69) is 152 Å². The molecule has 4 aromatic heterocycles. The first-order valence-electron chi connectivity index (χ1n) is 16.2. The summed E-state index contributed by atoms with van der Waals surface area (Å²) in [5.74, 6) is 0.892. The summed E-state index contributed by atoms with van der Waals surface area (Å²) in [6, 6.07) is 43.2. The maximum atomic E-state index is 5.54. The smallest absolute Gasteiger partial charge is 0.139 e. The second-order valence-corrected chi connectivity index (χ2v) is 13.0. The molecule has 9 rings (SSSR count). The van der Waals surface area contributed by atoms with Crippen LogP contribution in [0.25, 0.3) is 87.8 Å². The van der Waals surface area contributed by atoms with Gasteiger partial charge in [-0.05, 0) is 59.0 Å². The summed E-state index contributed by atoms with van der Waals surface area (Å²) in [5.41, 5.74) is 9.88. The molecule has 0 amide bonds. The molecule has 0 radical (unpaired) electrons. The normalized spacial score (nSPS) is 12.0. The van der Waals surface area contributed by atoms with Crippen LogP contribution in [-0.4, -0.2) is 14.5 Å². The lowest BCUT2D eigenvalue weighted by atomic mass is 9.97. The highest BCUT2D eigenvalue weighted by molar-refractivity contribution is 7.20. The van der Waals surface area contributed by atoms with E-state index in [9.17, 15) is 0 Å². The van der Waals surface area contributed by atoms with Gasteiger partial charge < -0.3 is 0 Å². The average molecular weight is 622 g/mol. The summed E-state index contributed by atoms with van der Waals surface area (Å²) < 4.78 is 3.72. The van der Waals surface area contributed by atoms with Crippen LogP contribution in [-0.2, 0) is 6.42 Å². The summed E-state index contributed by atoms with van der Waals surface area (Å²) in [6.07, 6.45) is 7.36. The number of hydrogen-bond donors (Lipinski definition) is 0. The molecule has 4 heteroatoms. The minimum absolute atomic E-state index is 0.892. The molecule has 9 aromatic rings. The van der Waals surface area contributed by atoms with Gasteiger partial charge in [-0.1, -0.05) is 122 Å². The fraction of sp³-hybridized carbons (Fsp3) is 0.0698. The highest BCUT2D eigenvalue weighted by atomic mass is 32.1. The van der Waals surface area contributed by atoms with Crippen LogP contribution in [0.4, 0.5) is 0 Å². The number of pyridine rings is 2. The van der Waals surface area contributed by atoms with Gasteiger partial charge in [-0.2, -0.15) is 0 Å². The van der Waals surface area contributed by atoms with Crippen LogP contribution in [0.15, 0.2) is 134 Å². The van der Waals surface area contributed by atoms with E-state index in [0.717, 1.165) is 51.0 Å². The van der Waals surface area contributed by atoms with Crippen LogP contribution in [0.1, 0.15) is 24.3 Å². The van der Waals surface area contributed by atoms with E-state index in [0.29, 0.717) is 0 Å². The van der Waals surface area contributed by atoms with Gasteiger partial charge in [0.1, 0.15) is 5.82 Å². The molecule has 47 heavy (non-hydrogen) atoms. The van der Waals surface area contributed by atoms with Gasteiger partial charge >= 0.3 is 0 Å². The zero-order chi connectivity index (χ0) is 31.5. The van der Waals surface area contributed by atoms with Gasteiger partial charge in [0, 0.05) is 38.4 Å². The van der Waals surface area contributed by atoms with Gasteiger partial charge in [-0.15, -0.1) is 11.3 Å². The molecule has 0 bridgehead atoms. The van der Waals surface area contributed by atoms with E-state index in [1.807, 2.05) is 17.5 Å². The third-order valence-electron chi connectivity index (χ3n) is 9.31. The Bertz CT molecular complexity index is 2660. The van der Waals surface area contributed by atoms with Crippen LogP contribution in [0.3, 0.4) is 0 Å². The molecule has 0 atom stereocenters. The van der Waals surface area contributed by atoms with Crippen LogP contribution in [0.2, 0.25) is 0 Å². The molecule has 4 heterocycles. The van der Waals surface area contributed by atoms with Crippen molar-refractivity contribution in [2.45, 2.75) is 20.3 Å². The largest absolute Gasteiger partial charge is 0.292 e.